The summed E-state index contributed by atoms with van der Waals surface area (Å²) in [6.45, 7) is 8.00. The molecule has 1 aliphatic carbocycles. The maximum absolute atomic E-state index is 13.2. The average Bonchev–Trinajstić information content (AvgIpc) is 3.05. The van der Waals surface area contributed by atoms with E-state index in [0.29, 0.717) is 18.7 Å². The number of carbonyl (C=O) groups excluding carboxylic acids is 1. The van der Waals surface area contributed by atoms with Gasteiger partial charge in [0.05, 0.1) is 5.69 Å². The van der Waals surface area contributed by atoms with E-state index in [0.717, 1.165) is 54.9 Å². The standard InChI is InChI=1S/C23H30N4O2.ClH/c1-22(2,3)21-25-18-17(19(28)26-21)9-11-23(18)10-4-12-27(14-23)20(29)16-7-5-15(13-24)6-8-16;/h5-8H,4,9-14,24H2,1-3H3,(H,25,26,28);1H. The SMILES string of the molecule is CC(C)(C)c1nc2c(c(=O)[nH]1)CCC21CCCN(C(=O)c2ccc(CN)cc2)C1.Cl. The molecular formula is C23H31ClN4O2. The van der Waals surface area contributed by atoms with Crippen LogP contribution in [0.1, 0.15) is 73.0 Å². The van der Waals surface area contributed by atoms with Crippen LogP contribution in [0.3, 0.4) is 0 Å². The number of hydrogen-bond acceptors (Lipinski definition) is 4. The number of amides is 1. The highest BCUT2D eigenvalue weighted by molar-refractivity contribution is 5.94. The minimum Gasteiger partial charge on any atom is -0.338 e. The van der Waals surface area contributed by atoms with Gasteiger partial charge in [-0.25, -0.2) is 4.98 Å². The number of aromatic amines is 1. The Balaban J connectivity index is 0.00000256. The van der Waals surface area contributed by atoms with Gasteiger partial charge in [0.15, 0.2) is 0 Å². The van der Waals surface area contributed by atoms with E-state index in [2.05, 4.69) is 25.8 Å². The van der Waals surface area contributed by atoms with E-state index in [-0.39, 0.29) is 34.7 Å². The second-order valence-electron chi connectivity index (χ2n) is 9.50. The lowest BCUT2D eigenvalue weighted by atomic mass is 9.77. The molecule has 2 aromatic rings. The van der Waals surface area contributed by atoms with Gasteiger partial charge in [0, 0.05) is 41.6 Å². The molecule has 0 radical (unpaired) electrons. The van der Waals surface area contributed by atoms with Crippen LogP contribution >= 0.6 is 12.4 Å². The van der Waals surface area contributed by atoms with Crippen LogP contribution in [-0.4, -0.2) is 33.9 Å². The number of halogens is 1. The quantitative estimate of drug-likeness (QED) is 0.765. The minimum absolute atomic E-state index is 0. The third-order valence-electron chi connectivity index (χ3n) is 6.38. The highest BCUT2D eigenvalue weighted by Gasteiger charge is 2.46. The van der Waals surface area contributed by atoms with Crippen molar-refractivity contribution in [3.05, 3.63) is 62.8 Å². The number of nitrogens with two attached hydrogens (primary N) is 1. The van der Waals surface area contributed by atoms with Gasteiger partial charge in [-0.15, -0.1) is 12.4 Å². The number of hydrogen-bond donors (Lipinski definition) is 2. The average molecular weight is 431 g/mol. The molecule has 1 aromatic carbocycles. The summed E-state index contributed by atoms with van der Waals surface area (Å²) in [5.41, 5.74) is 8.63. The maximum Gasteiger partial charge on any atom is 0.254 e. The molecule has 1 aromatic heterocycles. The van der Waals surface area contributed by atoms with E-state index < -0.39 is 0 Å². The van der Waals surface area contributed by atoms with Crippen molar-refractivity contribution in [2.45, 2.75) is 63.8 Å². The molecule has 2 aliphatic rings. The molecule has 1 spiro atoms. The molecule has 2 heterocycles. The van der Waals surface area contributed by atoms with Crippen molar-refractivity contribution in [1.82, 2.24) is 14.9 Å². The molecule has 0 saturated carbocycles. The van der Waals surface area contributed by atoms with Gasteiger partial charge in [-0.1, -0.05) is 32.9 Å². The monoisotopic (exact) mass is 430 g/mol. The van der Waals surface area contributed by atoms with Gasteiger partial charge >= 0.3 is 0 Å². The number of carbonyl (C=O) groups is 1. The van der Waals surface area contributed by atoms with Gasteiger partial charge in [0.25, 0.3) is 11.5 Å². The molecule has 6 nitrogen and oxygen atoms in total. The van der Waals surface area contributed by atoms with Crippen molar-refractivity contribution in [2.24, 2.45) is 5.73 Å². The number of piperidine rings is 1. The molecule has 1 amide bonds. The molecule has 0 bridgehead atoms. The Morgan fingerprint density at radius 1 is 1.23 bits per heavy atom. The Kier molecular flexibility index (Phi) is 6.12. The van der Waals surface area contributed by atoms with Crippen molar-refractivity contribution < 1.29 is 4.79 Å². The fraction of sp³-hybridized carbons (Fsp3) is 0.522. The Hall–Kier alpha value is -2.18. The van der Waals surface area contributed by atoms with Crippen molar-refractivity contribution in [3.8, 4) is 0 Å². The highest BCUT2D eigenvalue weighted by Crippen LogP contribution is 2.43. The van der Waals surface area contributed by atoms with Crippen LogP contribution < -0.4 is 11.3 Å². The largest absolute Gasteiger partial charge is 0.338 e. The summed E-state index contributed by atoms with van der Waals surface area (Å²) in [6.07, 6.45) is 3.50. The molecule has 1 aliphatic heterocycles. The van der Waals surface area contributed by atoms with Gasteiger partial charge in [0.1, 0.15) is 5.82 Å². The molecule has 162 valence electrons. The Morgan fingerprint density at radius 3 is 2.57 bits per heavy atom. The lowest BCUT2D eigenvalue weighted by molar-refractivity contribution is 0.0633. The van der Waals surface area contributed by atoms with Crippen LogP contribution in [0, 0.1) is 0 Å². The van der Waals surface area contributed by atoms with E-state index >= 15 is 0 Å². The summed E-state index contributed by atoms with van der Waals surface area (Å²) in [6, 6.07) is 7.53. The van der Waals surface area contributed by atoms with Gasteiger partial charge in [0.2, 0.25) is 0 Å². The third-order valence-corrected chi connectivity index (χ3v) is 6.38. The first kappa shape index (κ1) is 22.5. The Labute approximate surface area is 183 Å². The fourth-order valence-corrected chi connectivity index (χ4v) is 4.67. The van der Waals surface area contributed by atoms with E-state index in [1.807, 2.05) is 29.2 Å². The number of nitrogens with one attached hydrogen (secondary N) is 1. The predicted molar refractivity (Wildman–Crippen MR) is 120 cm³/mol. The molecule has 4 rings (SSSR count). The van der Waals surface area contributed by atoms with Crippen molar-refractivity contribution in [1.29, 1.82) is 0 Å². The summed E-state index contributed by atoms with van der Waals surface area (Å²) in [5, 5.41) is 0. The Bertz CT molecular complexity index is 994. The molecule has 3 N–H and O–H groups in total. The smallest absolute Gasteiger partial charge is 0.254 e. The van der Waals surface area contributed by atoms with Crippen LogP contribution in [0.2, 0.25) is 0 Å². The van der Waals surface area contributed by atoms with Crippen LogP contribution in [0.5, 0.6) is 0 Å². The summed E-state index contributed by atoms with van der Waals surface area (Å²) >= 11 is 0. The first-order valence-corrected chi connectivity index (χ1v) is 10.5. The summed E-state index contributed by atoms with van der Waals surface area (Å²) in [7, 11) is 0. The third kappa shape index (κ3) is 3.91. The fourth-order valence-electron chi connectivity index (χ4n) is 4.67. The number of aromatic nitrogens is 2. The Morgan fingerprint density at radius 2 is 1.93 bits per heavy atom. The van der Waals surface area contributed by atoms with Crippen LogP contribution in [0.4, 0.5) is 0 Å². The zero-order valence-corrected chi connectivity index (χ0v) is 18.8. The molecule has 1 atom stereocenters. The van der Waals surface area contributed by atoms with Crippen molar-refractivity contribution >= 4 is 18.3 Å². The number of rotatable bonds is 2. The summed E-state index contributed by atoms with van der Waals surface area (Å²) < 4.78 is 0. The zero-order chi connectivity index (χ0) is 20.8. The topological polar surface area (TPSA) is 92.1 Å². The normalized spacial score (nSPS) is 20.7. The molecule has 1 saturated heterocycles. The number of likely N-dealkylation sites (tertiary alicyclic amines) is 1. The lowest BCUT2D eigenvalue weighted by Crippen LogP contribution is -2.48. The summed E-state index contributed by atoms with van der Waals surface area (Å²) in [5.74, 6) is 0.769. The maximum atomic E-state index is 13.2. The molecule has 1 unspecified atom stereocenters. The van der Waals surface area contributed by atoms with E-state index in [1.165, 1.54) is 0 Å². The van der Waals surface area contributed by atoms with Crippen LogP contribution in [0.15, 0.2) is 29.1 Å². The molecule has 7 heteroatoms. The van der Waals surface area contributed by atoms with Gasteiger partial charge in [-0.2, -0.15) is 0 Å². The summed E-state index contributed by atoms with van der Waals surface area (Å²) in [4.78, 5) is 35.7. The molecule has 30 heavy (non-hydrogen) atoms. The highest BCUT2D eigenvalue weighted by atomic mass is 35.5. The first-order chi connectivity index (χ1) is 13.7. The first-order valence-electron chi connectivity index (χ1n) is 10.5. The number of H-pyrrole nitrogens is 1. The van der Waals surface area contributed by atoms with Crippen LogP contribution in [0.25, 0.3) is 0 Å². The van der Waals surface area contributed by atoms with Gasteiger partial charge < -0.3 is 15.6 Å². The second-order valence-corrected chi connectivity index (χ2v) is 9.50. The van der Waals surface area contributed by atoms with Crippen molar-refractivity contribution in [2.75, 3.05) is 13.1 Å². The lowest BCUT2D eigenvalue weighted by Gasteiger charge is -2.40. The minimum atomic E-state index is -0.229. The predicted octanol–water partition coefficient (Wildman–Crippen LogP) is 3.07. The van der Waals surface area contributed by atoms with E-state index in [4.69, 9.17) is 10.7 Å². The van der Waals surface area contributed by atoms with E-state index in [9.17, 15) is 9.59 Å². The number of benzene rings is 1. The molecule has 1 fully saturated rings. The zero-order valence-electron chi connectivity index (χ0n) is 18.0. The second kappa shape index (κ2) is 8.16. The number of nitrogens with zero attached hydrogens (tertiary/aromatic N) is 2. The van der Waals surface area contributed by atoms with E-state index in [1.54, 1.807) is 0 Å². The van der Waals surface area contributed by atoms with Crippen LogP contribution in [-0.2, 0) is 23.8 Å². The number of fused-ring (bicyclic) bond motifs is 2. The van der Waals surface area contributed by atoms with Gasteiger partial charge in [-0.05, 0) is 43.4 Å². The van der Waals surface area contributed by atoms with Gasteiger partial charge in [-0.3, -0.25) is 9.59 Å². The van der Waals surface area contributed by atoms with Crippen molar-refractivity contribution in [3.63, 3.8) is 0 Å². The molecular weight excluding hydrogens is 400 g/mol.